The summed E-state index contributed by atoms with van der Waals surface area (Å²) in [6.07, 6.45) is 3.83. The maximum absolute atomic E-state index is 13.7. The van der Waals surface area contributed by atoms with Crippen LogP contribution in [0, 0.1) is 12.8 Å². The lowest BCUT2D eigenvalue weighted by Gasteiger charge is -2.36. The third-order valence-electron chi connectivity index (χ3n) is 8.62. The van der Waals surface area contributed by atoms with Crippen LogP contribution in [0.15, 0.2) is 78.7 Å². The van der Waals surface area contributed by atoms with Gasteiger partial charge in [-0.25, -0.2) is 4.90 Å². The molecule has 0 spiro atoms. The Hall–Kier alpha value is -4.77. The minimum atomic E-state index is -0.784. The van der Waals surface area contributed by atoms with Gasteiger partial charge in [-0.05, 0) is 86.4 Å². The number of imide groups is 1. The van der Waals surface area contributed by atoms with Crippen LogP contribution in [0.25, 0.3) is 10.9 Å². The van der Waals surface area contributed by atoms with Crippen molar-refractivity contribution in [2.24, 2.45) is 5.92 Å². The second-order valence-corrected chi connectivity index (χ2v) is 12.0. The number of rotatable bonds is 9. The molecule has 0 saturated carbocycles. The average Bonchev–Trinajstić information content (AvgIpc) is 3.55. The first-order valence-electron chi connectivity index (χ1n) is 15.4. The van der Waals surface area contributed by atoms with Crippen molar-refractivity contribution in [3.05, 3.63) is 106 Å². The molecule has 1 aromatic heterocycles. The summed E-state index contributed by atoms with van der Waals surface area (Å²) in [5.74, 6) is -2.14. The van der Waals surface area contributed by atoms with Crippen LogP contribution in [0.1, 0.15) is 69.2 Å². The van der Waals surface area contributed by atoms with E-state index < -0.39 is 24.0 Å². The number of aromatic nitrogens is 1. The topological polar surface area (TPSA) is 127 Å². The molecular formula is C36H34ClN3O7. The first-order chi connectivity index (χ1) is 22.6. The number of hydrogen-bond acceptors (Lipinski definition) is 7. The van der Waals surface area contributed by atoms with E-state index in [1.807, 2.05) is 31.2 Å². The second-order valence-electron chi connectivity index (χ2n) is 11.6. The van der Waals surface area contributed by atoms with Crippen molar-refractivity contribution >= 4 is 57.5 Å². The molecule has 0 unspecified atom stereocenters. The summed E-state index contributed by atoms with van der Waals surface area (Å²) in [7, 11) is 0. The van der Waals surface area contributed by atoms with Gasteiger partial charge in [0.05, 0.1) is 22.3 Å². The molecule has 3 amide bonds. The number of ether oxygens (including phenoxy) is 2. The van der Waals surface area contributed by atoms with Crippen molar-refractivity contribution in [2.45, 2.75) is 45.8 Å². The van der Waals surface area contributed by atoms with Crippen LogP contribution in [0.5, 0.6) is 0 Å². The minimum Gasteiger partial charge on any atom is -0.459 e. The lowest BCUT2D eigenvalue weighted by molar-refractivity contribution is -0.164. The molecule has 2 aliphatic heterocycles. The van der Waals surface area contributed by atoms with Crippen LogP contribution in [0.2, 0.25) is 5.02 Å². The number of carbonyl (C=O) groups is 4. The Labute approximate surface area is 276 Å². The molecule has 10 nitrogen and oxygen atoms in total. The fraction of sp³-hybridized carbons (Fsp3) is 0.278. The van der Waals surface area contributed by atoms with E-state index in [-0.39, 0.29) is 41.2 Å². The molecule has 6 rings (SSSR count). The minimum absolute atomic E-state index is 0.0157. The molecule has 0 fully saturated rings. The number of nitrogens with one attached hydrogen (secondary N) is 1. The molecule has 2 N–H and O–H groups in total. The number of aryl methyl sites for hydroxylation is 1. The Morgan fingerprint density at radius 1 is 1.04 bits per heavy atom. The zero-order valence-electron chi connectivity index (χ0n) is 26.2. The standard InChI is InChI=1S/C36H34ClN3O7/c1-4-46-36-26(9-7-15-41)27(29-19-39(21(3)42)31-10-6-5-8-24(29)31)18-32(47-36)33(43)38-23-12-14-30(20(2)16-23)40-34(44)25-13-11-22(37)17-28(25)35(40)45/h5-6,8,10-14,16-19,26-27,36,41H,4,7,9,15H2,1-3H3,(H,38,43)/t26-,27+,36-/m1/s1. The molecule has 0 radical (unpaired) electrons. The number of carbonyl (C=O) groups excluding carboxylic acids is 4. The lowest BCUT2D eigenvalue weighted by atomic mass is 9.80. The fourth-order valence-electron chi connectivity index (χ4n) is 6.46. The number of aliphatic hydroxyl groups excluding tert-OH is 1. The Morgan fingerprint density at radius 2 is 1.81 bits per heavy atom. The van der Waals surface area contributed by atoms with E-state index in [4.69, 9.17) is 21.1 Å². The number of aliphatic hydroxyl groups is 1. The van der Waals surface area contributed by atoms with Crippen molar-refractivity contribution in [1.82, 2.24) is 4.57 Å². The van der Waals surface area contributed by atoms with Gasteiger partial charge in [-0.15, -0.1) is 0 Å². The quantitative estimate of drug-likeness (QED) is 0.198. The second kappa shape index (κ2) is 13.2. The third-order valence-corrected chi connectivity index (χ3v) is 8.86. The van der Waals surface area contributed by atoms with E-state index in [2.05, 4.69) is 5.32 Å². The Morgan fingerprint density at radius 3 is 2.53 bits per heavy atom. The van der Waals surface area contributed by atoms with Crippen LogP contribution in [0.4, 0.5) is 11.4 Å². The SMILES string of the molecule is CCO[C@@H]1OC(C(=O)Nc2ccc(N3C(=O)c4ccc(Cl)cc4C3=O)c(C)c2)=C[C@H](c2cn(C(C)=O)c3ccccc23)[C@H]1CCCO. The van der Waals surface area contributed by atoms with Gasteiger partial charge in [0.1, 0.15) is 0 Å². The van der Waals surface area contributed by atoms with Gasteiger partial charge in [0.25, 0.3) is 17.7 Å². The van der Waals surface area contributed by atoms with Gasteiger partial charge >= 0.3 is 0 Å². The Bertz CT molecular complexity index is 1950. The lowest BCUT2D eigenvalue weighted by Crippen LogP contribution is -2.37. The van der Waals surface area contributed by atoms with Gasteiger partial charge in [-0.3, -0.25) is 23.7 Å². The highest BCUT2D eigenvalue weighted by molar-refractivity contribution is 6.37. The van der Waals surface area contributed by atoms with E-state index in [9.17, 15) is 24.3 Å². The molecule has 0 bridgehead atoms. The number of hydrogen-bond donors (Lipinski definition) is 2. The maximum atomic E-state index is 13.7. The number of nitrogens with zero attached hydrogens (tertiary/aromatic N) is 2. The van der Waals surface area contributed by atoms with Gasteiger partial charge < -0.3 is 19.9 Å². The Balaban J connectivity index is 1.32. The molecule has 3 heterocycles. The first-order valence-corrected chi connectivity index (χ1v) is 15.8. The number of amides is 3. The van der Waals surface area contributed by atoms with E-state index in [0.717, 1.165) is 21.4 Å². The van der Waals surface area contributed by atoms with E-state index >= 15 is 0 Å². The predicted octanol–water partition coefficient (Wildman–Crippen LogP) is 6.45. The van der Waals surface area contributed by atoms with E-state index in [1.54, 1.807) is 48.0 Å². The van der Waals surface area contributed by atoms with Gasteiger partial charge in [0.2, 0.25) is 12.2 Å². The van der Waals surface area contributed by atoms with Crippen LogP contribution in [-0.2, 0) is 14.3 Å². The number of benzene rings is 3. The largest absolute Gasteiger partial charge is 0.459 e. The highest BCUT2D eigenvalue weighted by Crippen LogP contribution is 2.43. The van der Waals surface area contributed by atoms with Crippen molar-refractivity contribution in [3.8, 4) is 0 Å². The normalized spacial score (nSPS) is 19.0. The van der Waals surface area contributed by atoms with Crippen LogP contribution in [-0.4, -0.2) is 52.8 Å². The number of halogens is 1. The summed E-state index contributed by atoms with van der Waals surface area (Å²) in [5.41, 5.74) is 3.53. The summed E-state index contributed by atoms with van der Waals surface area (Å²) >= 11 is 6.06. The summed E-state index contributed by atoms with van der Waals surface area (Å²) in [6.45, 7) is 5.41. The molecule has 3 atom stereocenters. The van der Waals surface area contributed by atoms with Crippen molar-refractivity contribution in [3.63, 3.8) is 0 Å². The smallest absolute Gasteiger partial charge is 0.290 e. The number of para-hydroxylation sites is 1. The number of anilines is 2. The van der Waals surface area contributed by atoms with Gasteiger partial charge in [-0.2, -0.15) is 0 Å². The van der Waals surface area contributed by atoms with Crippen LogP contribution >= 0.6 is 11.6 Å². The molecular weight excluding hydrogens is 622 g/mol. The first kappa shape index (κ1) is 32.2. The summed E-state index contributed by atoms with van der Waals surface area (Å²) in [5, 5.41) is 13.8. The third kappa shape index (κ3) is 5.95. The number of allylic oxidation sites excluding steroid dienone is 1. The average molecular weight is 656 g/mol. The highest BCUT2D eigenvalue weighted by atomic mass is 35.5. The van der Waals surface area contributed by atoms with Gasteiger partial charge in [0.15, 0.2) is 5.76 Å². The van der Waals surface area contributed by atoms with Crippen LogP contribution < -0.4 is 10.2 Å². The summed E-state index contributed by atoms with van der Waals surface area (Å²) < 4.78 is 13.8. The zero-order valence-corrected chi connectivity index (χ0v) is 26.9. The van der Waals surface area contributed by atoms with Gasteiger partial charge in [0, 0.05) is 54.3 Å². The van der Waals surface area contributed by atoms with Crippen molar-refractivity contribution in [1.29, 1.82) is 0 Å². The fourth-order valence-corrected chi connectivity index (χ4v) is 6.63. The molecule has 0 aliphatic carbocycles. The number of fused-ring (bicyclic) bond motifs is 2. The van der Waals surface area contributed by atoms with E-state index in [1.165, 1.54) is 19.1 Å². The summed E-state index contributed by atoms with van der Waals surface area (Å²) in [4.78, 5) is 53.6. The van der Waals surface area contributed by atoms with E-state index in [0.29, 0.717) is 41.4 Å². The molecule has 3 aromatic carbocycles. The zero-order chi connectivity index (χ0) is 33.4. The maximum Gasteiger partial charge on any atom is 0.290 e. The molecule has 4 aromatic rings. The molecule has 2 aliphatic rings. The highest BCUT2D eigenvalue weighted by Gasteiger charge is 2.40. The molecule has 0 saturated heterocycles. The van der Waals surface area contributed by atoms with Crippen molar-refractivity contribution in [2.75, 3.05) is 23.4 Å². The predicted molar refractivity (Wildman–Crippen MR) is 178 cm³/mol. The Kier molecular flexibility index (Phi) is 9.01. The molecule has 47 heavy (non-hydrogen) atoms. The monoisotopic (exact) mass is 655 g/mol. The van der Waals surface area contributed by atoms with Crippen LogP contribution in [0.3, 0.4) is 0 Å². The summed E-state index contributed by atoms with van der Waals surface area (Å²) in [6, 6.07) is 17.1. The van der Waals surface area contributed by atoms with Crippen molar-refractivity contribution < 1.29 is 33.8 Å². The molecule has 11 heteroatoms. The molecule has 242 valence electrons. The van der Waals surface area contributed by atoms with Gasteiger partial charge in [-0.1, -0.05) is 29.8 Å².